The Morgan fingerprint density at radius 1 is 0.897 bits per heavy atom. The highest BCUT2D eigenvalue weighted by Crippen LogP contribution is 2.27. The molecule has 5 rings (SSSR count). The Kier molecular flexibility index (Phi) is 4.69. The van der Waals surface area contributed by atoms with Crippen molar-refractivity contribution in [3.63, 3.8) is 0 Å². The number of amides is 1. The van der Waals surface area contributed by atoms with E-state index in [4.69, 9.17) is 4.98 Å². The first-order valence-corrected chi connectivity index (χ1v) is 10.5. The highest BCUT2D eigenvalue weighted by atomic mass is 32.1. The Balaban J connectivity index is 1.28. The predicted molar refractivity (Wildman–Crippen MR) is 117 cm³/mol. The number of rotatable bonds is 3. The van der Waals surface area contributed by atoms with Crippen LogP contribution in [0.1, 0.15) is 9.67 Å². The summed E-state index contributed by atoms with van der Waals surface area (Å²) in [6.07, 6.45) is 1.80. The molecule has 0 saturated carbocycles. The first kappa shape index (κ1) is 17.8. The van der Waals surface area contributed by atoms with Crippen LogP contribution in [0, 0.1) is 0 Å². The molecule has 0 spiro atoms. The van der Waals surface area contributed by atoms with Crippen LogP contribution in [0.5, 0.6) is 0 Å². The van der Waals surface area contributed by atoms with Crippen molar-refractivity contribution in [2.24, 2.45) is 0 Å². The summed E-state index contributed by atoms with van der Waals surface area (Å²) in [6.45, 7) is 2.92. The Morgan fingerprint density at radius 3 is 2.45 bits per heavy atom. The summed E-state index contributed by atoms with van der Waals surface area (Å²) in [4.78, 5) is 27.1. The van der Waals surface area contributed by atoms with E-state index in [0.29, 0.717) is 13.1 Å². The summed E-state index contributed by atoms with van der Waals surface area (Å²) < 4.78 is 1.16. The Labute approximate surface area is 173 Å². The topological polar surface area (TPSA) is 49.3 Å². The van der Waals surface area contributed by atoms with Gasteiger partial charge in [0.15, 0.2) is 5.82 Å². The second-order valence-corrected chi connectivity index (χ2v) is 8.12. The SMILES string of the molecule is O=C(c1cc2ccccc2s1)N1CCN(c2ccnc(-c3ccccc3)n2)CC1. The molecule has 144 valence electrons. The third-order valence-electron chi connectivity index (χ3n) is 5.20. The van der Waals surface area contributed by atoms with Crippen LogP contribution in [-0.4, -0.2) is 47.0 Å². The van der Waals surface area contributed by atoms with Gasteiger partial charge < -0.3 is 9.80 Å². The Bertz CT molecular complexity index is 1120. The van der Waals surface area contributed by atoms with Crippen LogP contribution in [-0.2, 0) is 0 Å². The van der Waals surface area contributed by atoms with Gasteiger partial charge in [-0.3, -0.25) is 4.79 Å². The van der Waals surface area contributed by atoms with Crippen molar-refractivity contribution < 1.29 is 4.79 Å². The van der Waals surface area contributed by atoms with Gasteiger partial charge in [-0.25, -0.2) is 9.97 Å². The van der Waals surface area contributed by atoms with Crippen molar-refractivity contribution in [3.8, 4) is 11.4 Å². The molecular formula is C23H20N4OS. The van der Waals surface area contributed by atoms with Gasteiger partial charge in [0.2, 0.25) is 0 Å². The lowest BCUT2D eigenvalue weighted by molar-refractivity contribution is 0.0751. The molecule has 0 atom stereocenters. The lowest BCUT2D eigenvalue weighted by Crippen LogP contribution is -2.48. The number of nitrogens with zero attached hydrogens (tertiary/aromatic N) is 4. The molecule has 1 amide bonds. The highest BCUT2D eigenvalue weighted by Gasteiger charge is 2.24. The maximum Gasteiger partial charge on any atom is 0.264 e. The molecule has 1 saturated heterocycles. The second kappa shape index (κ2) is 7.64. The molecule has 0 N–H and O–H groups in total. The van der Waals surface area contributed by atoms with Crippen LogP contribution in [0.15, 0.2) is 72.9 Å². The molecule has 0 bridgehead atoms. The zero-order valence-electron chi connectivity index (χ0n) is 15.9. The minimum Gasteiger partial charge on any atom is -0.353 e. The van der Waals surface area contributed by atoms with E-state index < -0.39 is 0 Å². The number of carbonyl (C=O) groups excluding carboxylic acids is 1. The zero-order valence-corrected chi connectivity index (χ0v) is 16.7. The van der Waals surface area contributed by atoms with Gasteiger partial charge in [0.05, 0.1) is 4.88 Å². The van der Waals surface area contributed by atoms with Crippen LogP contribution >= 0.6 is 11.3 Å². The van der Waals surface area contributed by atoms with Gasteiger partial charge in [0.1, 0.15) is 5.82 Å². The van der Waals surface area contributed by atoms with Gasteiger partial charge in [-0.1, -0.05) is 48.5 Å². The summed E-state index contributed by atoms with van der Waals surface area (Å²) >= 11 is 1.57. The van der Waals surface area contributed by atoms with Gasteiger partial charge in [-0.2, -0.15) is 0 Å². The molecule has 5 nitrogen and oxygen atoms in total. The van der Waals surface area contributed by atoms with Crippen LogP contribution in [0.2, 0.25) is 0 Å². The fourth-order valence-electron chi connectivity index (χ4n) is 3.63. The summed E-state index contributed by atoms with van der Waals surface area (Å²) in [7, 11) is 0. The minimum absolute atomic E-state index is 0.124. The molecule has 1 fully saturated rings. The van der Waals surface area contributed by atoms with E-state index >= 15 is 0 Å². The third-order valence-corrected chi connectivity index (χ3v) is 6.30. The van der Waals surface area contributed by atoms with E-state index in [1.165, 1.54) is 0 Å². The number of thiophene rings is 1. The van der Waals surface area contributed by atoms with Gasteiger partial charge in [0.25, 0.3) is 5.91 Å². The maximum atomic E-state index is 12.9. The molecule has 0 aliphatic carbocycles. The lowest BCUT2D eigenvalue weighted by Gasteiger charge is -2.35. The average molecular weight is 401 g/mol. The van der Waals surface area contributed by atoms with Crippen molar-refractivity contribution in [3.05, 3.63) is 77.8 Å². The van der Waals surface area contributed by atoms with Crippen LogP contribution in [0.3, 0.4) is 0 Å². The smallest absolute Gasteiger partial charge is 0.264 e. The molecule has 6 heteroatoms. The average Bonchev–Trinajstić information content (AvgIpc) is 3.24. The monoisotopic (exact) mass is 400 g/mol. The third kappa shape index (κ3) is 3.59. The maximum absolute atomic E-state index is 12.9. The largest absolute Gasteiger partial charge is 0.353 e. The number of hydrogen-bond acceptors (Lipinski definition) is 5. The normalized spacial score (nSPS) is 14.3. The van der Waals surface area contributed by atoms with Crippen LogP contribution in [0.4, 0.5) is 5.82 Å². The first-order valence-electron chi connectivity index (χ1n) is 9.69. The number of carbonyl (C=O) groups is 1. The van der Waals surface area contributed by atoms with E-state index in [0.717, 1.165) is 45.3 Å². The van der Waals surface area contributed by atoms with Crippen molar-refractivity contribution in [1.82, 2.24) is 14.9 Å². The molecule has 29 heavy (non-hydrogen) atoms. The summed E-state index contributed by atoms with van der Waals surface area (Å²) in [6, 6.07) is 22.1. The van der Waals surface area contributed by atoms with E-state index in [-0.39, 0.29) is 5.91 Å². The Morgan fingerprint density at radius 2 is 1.66 bits per heavy atom. The van der Waals surface area contributed by atoms with Crippen LogP contribution < -0.4 is 4.90 Å². The number of anilines is 1. The van der Waals surface area contributed by atoms with E-state index in [1.807, 2.05) is 59.5 Å². The molecule has 2 aromatic heterocycles. The molecule has 0 radical (unpaired) electrons. The second-order valence-electron chi connectivity index (χ2n) is 7.03. The summed E-state index contributed by atoms with van der Waals surface area (Å²) in [5, 5.41) is 1.13. The van der Waals surface area contributed by atoms with E-state index in [9.17, 15) is 4.79 Å². The minimum atomic E-state index is 0.124. The number of hydrogen-bond donors (Lipinski definition) is 0. The summed E-state index contributed by atoms with van der Waals surface area (Å²) in [5.41, 5.74) is 1.01. The molecule has 4 aromatic rings. The van der Waals surface area contributed by atoms with Crippen molar-refractivity contribution in [2.45, 2.75) is 0 Å². The highest BCUT2D eigenvalue weighted by molar-refractivity contribution is 7.20. The van der Waals surface area contributed by atoms with Gasteiger partial charge in [-0.15, -0.1) is 11.3 Å². The molecule has 3 heterocycles. The number of piperazine rings is 1. The van der Waals surface area contributed by atoms with Crippen molar-refractivity contribution >= 4 is 33.1 Å². The molecule has 0 unspecified atom stereocenters. The van der Waals surface area contributed by atoms with Crippen LogP contribution in [0.25, 0.3) is 21.5 Å². The standard InChI is InChI=1S/C23H20N4OS/c28-23(20-16-18-8-4-5-9-19(18)29-20)27-14-12-26(13-15-27)21-10-11-24-22(25-21)17-6-2-1-3-7-17/h1-11,16H,12-15H2. The number of benzene rings is 2. The quantitative estimate of drug-likeness (QED) is 0.514. The number of aromatic nitrogens is 2. The fraction of sp³-hybridized carbons (Fsp3) is 0.174. The van der Waals surface area contributed by atoms with Crippen molar-refractivity contribution in [1.29, 1.82) is 0 Å². The van der Waals surface area contributed by atoms with Crippen molar-refractivity contribution in [2.75, 3.05) is 31.1 Å². The lowest BCUT2D eigenvalue weighted by atomic mass is 10.2. The van der Waals surface area contributed by atoms with Gasteiger partial charge >= 0.3 is 0 Å². The van der Waals surface area contributed by atoms with Gasteiger partial charge in [-0.05, 0) is 23.6 Å². The molecule has 2 aromatic carbocycles. The molecule has 1 aliphatic heterocycles. The Hall–Kier alpha value is -3.25. The molecule has 1 aliphatic rings. The fourth-order valence-corrected chi connectivity index (χ4v) is 4.66. The van der Waals surface area contributed by atoms with Gasteiger partial charge in [0, 0.05) is 42.6 Å². The van der Waals surface area contributed by atoms with E-state index in [2.05, 4.69) is 22.0 Å². The first-order chi connectivity index (χ1) is 14.3. The number of fused-ring (bicyclic) bond motifs is 1. The summed E-state index contributed by atoms with van der Waals surface area (Å²) in [5.74, 6) is 1.76. The molecular weight excluding hydrogens is 380 g/mol. The van der Waals surface area contributed by atoms with E-state index in [1.54, 1.807) is 17.5 Å². The predicted octanol–water partition coefficient (Wildman–Crippen LogP) is 4.32. The zero-order chi connectivity index (χ0) is 19.6.